The fourth-order valence-electron chi connectivity index (χ4n) is 2.45. The van der Waals surface area contributed by atoms with Gasteiger partial charge in [-0.15, -0.1) is 0 Å². The highest BCUT2D eigenvalue weighted by Gasteiger charge is 2.28. The van der Waals surface area contributed by atoms with Gasteiger partial charge in [-0.2, -0.15) is 4.98 Å². The molecule has 0 aromatic carbocycles. The van der Waals surface area contributed by atoms with Crippen molar-refractivity contribution in [1.29, 1.82) is 0 Å². The minimum absolute atomic E-state index is 0.134. The van der Waals surface area contributed by atoms with Gasteiger partial charge < -0.3 is 9.72 Å². The van der Waals surface area contributed by atoms with Gasteiger partial charge in [0.15, 0.2) is 0 Å². The number of hydrogen-bond donors (Lipinski definition) is 1. The van der Waals surface area contributed by atoms with E-state index in [9.17, 15) is 4.79 Å². The molecule has 0 aliphatic heterocycles. The smallest absolute Gasteiger partial charge is 0.254 e. The molecule has 0 bridgehead atoms. The van der Waals surface area contributed by atoms with Gasteiger partial charge in [-0.1, -0.05) is 27.7 Å². The molecule has 0 radical (unpaired) electrons. The van der Waals surface area contributed by atoms with Crippen molar-refractivity contribution in [2.45, 2.75) is 65.4 Å². The van der Waals surface area contributed by atoms with Gasteiger partial charge in [0.2, 0.25) is 5.88 Å². The Balaban J connectivity index is 2.06. The first-order chi connectivity index (χ1) is 8.85. The molecule has 106 valence electrons. The lowest BCUT2D eigenvalue weighted by Gasteiger charge is -2.34. The van der Waals surface area contributed by atoms with E-state index in [1.54, 1.807) is 0 Å². The summed E-state index contributed by atoms with van der Waals surface area (Å²) in [6.45, 7) is 8.60. The third-order valence-electron chi connectivity index (χ3n) is 3.86. The molecule has 19 heavy (non-hydrogen) atoms. The number of aromatic amines is 1. The number of rotatable bonds is 3. The van der Waals surface area contributed by atoms with Crippen LogP contribution < -0.4 is 10.3 Å². The zero-order valence-corrected chi connectivity index (χ0v) is 12.3. The van der Waals surface area contributed by atoms with Crippen molar-refractivity contribution in [2.24, 2.45) is 5.41 Å². The van der Waals surface area contributed by atoms with Crippen LogP contribution in [0.1, 0.15) is 65.1 Å². The molecule has 1 aromatic rings. The predicted molar refractivity (Wildman–Crippen MR) is 75.6 cm³/mol. The molecule has 1 N–H and O–H groups in total. The van der Waals surface area contributed by atoms with Crippen molar-refractivity contribution in [3.63, 3.8) is 0 Å². The maximum Gasteiger partial charge on any atom is 0.254 e. The summed E-state index contributed by atoms with van der Waals surface area (Å²) >= 11 is 0. The quantitative estimate of drug-likeness (QED) is 0.911. The number of hydrogen-bond acceptors (Lipinski definition) is 3. The fourth-order valence-corrected chi connectivity index (χ4v) is 2.45. The first-order valence-corrected chi connectivity index (χ1v) is 7.14. The molecule has 4 nitrogen and oxygen atoms in total. The molecule has 1 aliphatic rings. The standard InChI is InChI=1S/C15H24N2O2/c1-10(2)14-16-12(18)9-13(17-14)19-11-5-7-15(3,4)8-6-11/h9-11H,5-8H2,1-4H3,(H,16,17,18). The van der Waals surface area contributed by atoms with Crippen LogP contribution in [0.15, 0.2) is 10.9 Å². The summed E-state index contributed by atoms with van der Waals surface area (Å²) in [6, 6.07) is 1.45. The Kier molecular flexibility index (Phi) is 3.97. The number of ether oxygens (including phenoxy) is 1. The van der Waals surface area contributed by atoms with Gasteiger partial charge in [0.1, 0.15) is 11.9 Å². The van der Waals surface area contributed by atoms with Gasteiger partial charge in [0.05, 0.1) is 6.07 Å². The van der Waals surface area contributed by atoms with Crippen LogP contribution in [0.2, 0.25) is 0 Å². The summed E-state index contributed by atoms with van der Waals surface area (Å²) in [7, 11) is 0. The van der Waals surface area contributed by atoms with E-state index in [0.29, 0.717) is 17.1 Å². The van der Waals surface area contributed by atoms with Crippen molar-refractivity contribution in [1.82, 2.24) is 9.97 Å². The summed E-state index contributed by atoms with van der Waals surface area (Å²) in [4.78, 5) is 18.7. The molecule has 0 saturated heterocycles. The highest BCUT2D eigenvalue weighted by molar-refractivity contribution is 5.11. The Bertz CT molecular complexity index is 481. The van der Waals surface area contributed by atoms with E-state index >= 15 is 0 Å². The fraction of sp³-hybridized carbons (Fsp3) is 0.733. The highest BCUT2D eigenvalue weighted by atomic mass is 16.5. The normalized spacial score (nSPS) is 19.6. The zero-order chi connectivity index (χ0) is 14.0. The second-order valence-electron chi connectivity index (χ2n) is 6.60. The van der Waals surface area contributed by atoms with E-state index in [2.05, 4.69) is 23.8 Å². The molecule has 0 atom stereocenters. The maximum absolute atomic E-state index is 11.6. The summed E-state index contributed by atoms with van der Waals surface area (Å²) in [6.07, 6.45) is 4.61. The topological polar surface area (TPSA) is 55.0 Å². The monoisotopic (exact) mass is 264 g/mol. The molecule has 1 saturated carbocycles. The van der Waals surface area contributed by atoms with Crippen LogP contribution in [0.5, 0.6) is 5.88 Å². The Morgan fingerprint density at radius 3 is 2.58 bits per heavy atom. The molecular weight excluding hydrogens is 240 g/mol. The van der Waals surface area contributed by atoms with E-state index in [0.717, 1.165) is 25.7 Å². The Labute approximate surface area is 114 Å². The van der Waals surface area contributed by atoms with Gasteiger partial charge in [-0.25, -0.2) is 0 Å². The van der Waals surface area contributed by atoms with E-state index in [-0.39, 0.29) is 17.6 Å². The second-order valence-corrected chi connectivity index (χ2v) is 6.60. The van der Waals surface area contributed by atoms with Crippen LogP contribution in [0.25, 0.3) is 0 Å². The summed E-state index contributed by atoms with van der Waals surface area (Å²) < 4.78 is 5.89. The number of nitrogens with zero attached hydrogens (tertiary/aromatic N) is 1. The molecule has 1 aliphatic carbocycles. The average molecular weight is 264 g/mol. The van der Waals surface area contributed by atoms with Crippen LogP contribution in [-0.4, -0.2) is 16.1 Å². The van der Waals surface area contributed by atoms with E-state index in [4.69, 9.17) is 4.74 Å². The Morgan fingerprint density at radius 1 is 1.37 bits per heavy atom. The number of H-pyrrole nitrogens is 1. The average Bonchev–Trinajstić information content (AvgIpc) is 2.31. The van der Waals surface area contributed by atoms with Crippen LogP contribution in [-0.2, 0) is 0 Å². The van der Waals surface area contributed by atoms with E-state index < -0.39 is 0 Å². The first-order valence-electron chi connectivity index (χ1n) is 7.14. The summed E-state index contributed by atoms with van der Waals surface area (Å²) in [5.74, 6) is 1.36. The number of aromatic nitrogens is 2. The molecule has 2 rings (SSSR count). The predicted octanol–water partition coefficient (Wildman–Crippen LogP) is 3.24. The van der Waals surface area contributed by atoms with Crippen molar-refractivity contribution in [3.8, 4) is 5.88 Å². The molecule has 0 amide bonds. The lowest BCUT2D eigenvalue weighted by molar-refractivity contribution is 0.0944. The summed E-state index contributed by atoms with van der Waals surface area (Å²) in [5.41, 5.74) is 0.287. The Hall–Kier alpha value is -1.32. The third kappa shape index (κ3) is 3.82. The lowest BCUT2D eigenvalue weighted by atomic mass is 9.76. The number of nitrogens with one attached hydrogen (secondary N) is 1. The van der Waals surface area contributed by atoms with Crippen molar-refractivity contribution >= 4 is 0 Å². The van der Waals surface area contributed by atoms with Gasteiger partial charge in [0.25, 0.3) is 5.56 Å². The van der Waals surface area contributed by atoms with Crippen LogP contribution in [0, 0.1) is 5.41 Å². The largest absolute Gasteiger partial charge is 0.474 e. The van der Waals surface area contributed by atoms with Gasteiger partial charge in [-0.3, -0.25) is 4.79 Å². The molecular formula is C15H24N2O2. The first kappa shape index (κ1) is 14.1. The minimum atomic E-state index is -0.134. The highest BCUT2D eigenvalue weighted by Crippen LogP contribution is 2.36. The van der Waals surface area contributed by atoms with Crippen LogP contribution >= 0.6 is 0 Å². The van der Waals surface area contributed by atoms with Crippen molar-refractivity contribution < 1.29 is 4.74 Å². The van der Waals surface area contributed by atoms with Crippen LogP contribution in [0.4, 0.5) is 0 Å². The second kappa shape index (κ2) is 5.35. The summed E-state index contributed by atoms with van der Waals surface area (Å²) in [5, 5.41) is 0. The van der Waals surface area contributed by atoms with Crippen molar-refractivity contribution in [2.75, 3.05) is 0 Å². The maximum atomic E-state index is 11.6. The molecule has 0 unspecified atom stereocenters. The van der Waals surface area contributed by atoms with Gasteiger partial charge in [0, 0.05) is 5.92 Å². The van der Waals surface area contributed by atoms with E-state index in [1.165, 1.54) is 6.07 Å². The Morgan fingerprint density at radius 2 is 2.00 bits per heavy atom. The van der Waals surface area contributed by atoms with Gasteiger partial charge in [-0.05, 0) is 31.1 Å². The van der Waals surface area contributed by atoms with E-state index in [1.807, 2.05) is 13.8 Å². The lowest BCUT2D eigenvalue weighted by Crippen LogP contribution is -2.29. The zero-order valence-electron chi connectivity index (χ0n) is 12.3. The molecule has 1 heterocycles. The molecule has 0 spiro atoms. The molecule has 4 heteroatoms. The molecule has 1 fully saturated rings. The van der Waals surface area contributed by atoms with Gasteiger partial charge >= 0.3 is 0 Å². The van der Waals surface area contributed by atoms with Crippen LogP contribution in [0.3, 0.4) is 0 Å². The SMILES string of the molecule is CC(C)c1nc(OC2CCC(C)(C)CC2)cc(=O)[nH]1. The van der Waals surface area contributed by atoms with Crippen molar-refractivity contribution in [3.05, 3.63) is 22.2 Å². The molecule has 1 aromatic heterocycles. The third-order valence-corrected chi connectivity index (χ3v) is 3.86. The minimum Gasteiger partial charge on any atom is -0.474 e.